The molecule has 0 saturated heterocycles. The normalized spacial score (nSPS) is 12.5. The second-order valence-corrected chi connectivity index (χ2v) is 36.8. The van der Waals surface area contributed by atoms with Gasteiger partial charge in [0.1, 0.15) is 5.75 Å². The maximum Gasteiger partial charge on any atom is 0.534 e. The van der Waals surface area contributed by atoms with Gasteiger partial charge in [0.15, 0.2) is 0 Å². The Balaban J connectivity index is 0.000000140. The standard InChI is InChI=1S/C57H43N3S.C37H25F3N2O3S2.C21H19N.CH4/c1-57(2)51-33-19-18-31-47(51)48-32-20-34-52(55(48)57)60(44-29-16-7-17-30-44)46-38-50-49-37-45(58(40-21-8-3-9-22-40)41-23-10-4-11-24-41)35-36-54(49)61-56(50)53(39-46)59(42-25-12-5-13-26-42)43-27-14-6-15-28-43;38-37(39,40)47(43,44)45-31-24-33-32-23-30(41(26-13-5-1-6-14-26)27-15-7-2-8-16-27)21-22-35(32)46-36(33)34(25-31)42(28-17-9-3-10-18-28)29-19-11-4-12-20-29;1-21(2)18-13-7-6-11-16(18)17-12-8-14-19(20(17)21)22-15-9-4-3-5-10-15;/h3-39H,1-2H3;1-25H;3-14,22H,1-2H3;1H4. The number of hydrogen-bond donors (Lipinski definition) is 1. The number of para-hydroxylation sites is 10. The second-order valence-electron chi connectivity index (χ2n) is 33.2. The molecular formula is C116H91F3N6O3S3. The zero-order chi connectivity index (χ0) is 88.7. The monoisotopic (exact) mass is 1770 g/mol. The van der Waals surface area contributed by atoms with Crippen LogP contribution in [0.1, 0.15) is 57.4 Å². The molecule has 20 aromatic rings. The summed E-state index contributed by atoms with van der Waals surface area (Å²) in [6, 6.07) is 154. The molecule has 22 rings (SSSR count). The van der Waals surface area contributed by atoms with Crippen molar-refractivity contribution >= 4 is 170 Å². The van der Waals surface area contributed by atoms with Crippen LogP contribution in [0.25, 0.3) is 62.6 Å². The minimum absolute atomic E-state index is 0. The summed E-state index contributed by atoms with van der Waals surface area (Å²) in [4.78, 5) is 11.2. The first kappa shape index (κ1) is 85.2. The van der Waals surface area contributed by atoms with Crippen LogP contribution < -0.4 is 34.0 Å². The van der Waals surface area contributed by atoms with Crippen molar-refractivity contribution in [2.45, 2.75) is 51.5 Å². The molecule has 15 heteroatoms. The van der Waals surface area contributed by atoms with Gasteiger partial charge in [-0.05, 0) is 233 Å². The molecule has 0 aliphatic heterocycles. The van der Waals surface area contributed by atoms with Gasteiger partial charge in [0.05, 0.1) is 26.5 Å². The number of nitrogens with zero attached hydrogens (tertiary/aromatic N) is 5. The van der Waals surface area contributed by atoms with Gasteiger partial charge < -0.3 is 34.0 Å². The smallest absolute Gasteiger partial charge is 0.376 e. The van der Waals surface area contributed by atoms with Gasteiger partial charge in [0.2, 0.25) is 0 Å². The third-order valence-electron chi connectivity index (χ3n) is 24.3. The molecular weight excluding hydrogens is 1680 g/mol. The number of hydrogen-bond acceptors (Lipinski definition) is 11. The van der Waals surface area contributed by atoms with E-state index < -0.39 is 21.4 Å². The fourth-order valence-electron chi connectivity index (χ4n) is 18.6. The summed E-state index contributed by atoms with van der Waals surface area (Å²) >= 11 is 3.33. The molecule has 0 bridgehead atoms. The first-order chi connectivity index (χ1) is 63.4. The van der Waals surface area contributed by atoms with Gasteiger partial charge >= 0.3 is 15.6 Å². The highest BCUT2D eigenvalue weighted by atomic mass is 32.2. The fourth-order valence-corrected chi connectivity index (χ4v) is 21.4. The van der Waals surface area contributed by atoms with Crippen LogP contribution in [0.3, 0.4) is 0 Å². The van der Waals surface area contributed by atoms with Gasteiger partial charge in [-0.3, -0.25) is 0 Å². The first-order valence-corrected chi connectivity index (χ1v) is 46.2. The molecule has 0 unspecified atom stereocenters. The van der Waals surface area contributed by atoms with Crippen molar-refractivity contribution in [2.75, 3.05) is 29.8 Å². The summed E-state index contributed by atoms with van der Waals surface area (Å²) in [6.07, 6.45) is 0. The summed E-state index contributed by atoms with van der Waals surface area (Å²) in [6.45, 7) is 9.39. The zero-order valence-electron chi connectivity index (χ0n) is 71.5. The summed E-state index contributed by atoms with van der Waals surface area (Å²) in [7, 11) is -5.94. The Kier molecular flexibility index (Phi) is 23.3. The van der Waals surface area contributed by atoms with Gasteiger partial charge in [-0.15, -0.1) is 22.7 Å². The number of anilines is 17. The fraction of sp³-hybridized carbons (Fsp3) is 0.0690. The van der Waals surface area contributed by atoms with Crippen LogP contribution in [0.4, 0.5) is 110 Å². The Hall–Kier alpha value is -15.3. The number of nitrogens with one attached hydrogen (secondary N) is 1. The molecule has 9 nitrogen and oxygen atoms in total. The lowest BCUT2D eigenvalue weighted by atomic mass is 9.81. The van der Waals surface area contributed by atoms with E-state index in [1.807, 2.05) is 162 Å². The van der Waals surface area contributed by atoms with Crippen LogP contribution in [-0.4, -0.2) is 13.9 Å². The lowest BCUT2D eigenvalue weighted by Gasteiger charge is -2.33. The molecule has 0 saturated carbocycles. The number of alkyl halides is 3. The number of benzene rings is 18. The first-order valence-electron chi connectivity index (χ1n) is 43.2. The van der Waals surface area contributed by atoms with Gasteiger partial charge in [0.25, 0.3) is 0 Å². The number of halogens is 3. The van der Waals surface area contributed by atoms with E-state index >= 15 is 0 Å². The quantitative estimate of drug-likeness (QED) is 0.0630. The molecule has 131 heavy (non-hydrogen) atoms. The highest BCUT2D eigenvalue weighted by molar-refractivity contribution is 7.88. The van der Waals surface area contributed by atoms with Crippen molar-refractivity contribution < 1.29 is 25.8 Å². The molecule has 18 aromatic carbocycles. The molecule has 2 heterocycles. The highest BCUT2D eigenvalue weighted by Crippen LogP contribution is 2.58. The minimum Gasteiger partial charge on any atom is -0.376 e. The average Bonchev–Trinajstić information content (AvgIpc) is 1.60. The molecule has 2 aliphatic rings. The largest absolute Gasteiger partial charge is 0.534 e. The molecule has 642 valence electrons. The molecule has 0 amide bonds. The number of thiophene rings is 2. The Labute approximate surface area is 770 Å². The predicted molar refractivity (Wildman–Crippen MR) is 546 cm³/mol. The number of fused-ring (bicyclic) bond motifs is 12. The lowest BCUT2D eigenvalue weighted by Crippen LogP contribution is -2.28. The van der Waals surface area contributed by atoms with Crippen LogP contribution in [0.2, 0.25) is 0 Å². The van der Waals surface area contributed by atoms with E-state index in [-0.39, 0.29) is 18.3 Å². The van der Waals surface area contributed by atoms with Crippen LogP contribution >= 0.6 is 22.7 Å². The van der Waals surface area contributed by atoms with Crippen molar-refractivity contribution in [1.29, 1.82) is 0 Å². The summed E-state index contributed by atoms with van der Waals surface area (Å²) in [5.41, 5.74) is 22.0. The molecule has 0 fully saturated rings. The Morgan fingerprint density at radius 3 is 0.977 bits per heavy atom. The topological polar surface area (TPSA) is 71.6 Å². The average molecular weight is 1770 g/mol. The van der Waals surface area contributed by atoms with Crippen molar-refractivity contribution in [3.63, 3.8) is 0 Å². The van der Waals surface area contributed by atoms with Crippen LogP contribution in [0.5, 0.6) is 5.75 Å². The summed E-state index contributed by atoms with van der Waals surface area (Å²) in [5.74, 6) is -0.449. The maximum absolute atomic E-state index is 13.6. The van der Waals surface area contributed by atoms with Gasteiger partial charge in [-0.25, -0.2) is 0 Å². The van der Waals surface area contributed by atoms with E-state index in [2.05, 4.69) is 344 Å². The molecule has 0 radical (unpaired) electrons. The van der Waals surface area contributed by atoms with Crippen LogP contribution in [-0.2, 0) is 20.9 Å². The Morgan fingerprint density at radius 1 is 0.282 bits per heavy atom. The van der Waals surface area contributed by atoms with E-state index in [0.717, 1.165) is 94.4 Å². The van der Waals surface area contributed by atoms with E-state index in [1.54, 1.807) is 0 Å². The van der Waals surface area contributed by atoms with Crippen LogP contribution in [0.15, 0.2) is 449 Å². The van der Waals surface area contributed by atoms with Crippen molar-refractivity contribution in [1.82, 2.24) is 0 Å². The molecule has 2 aliphatic carbocycles. The third kappa shape index (κ3) is 16.3. The Bertz CT molecular complexity index is 7450. The summed E-state index contributed by atoms with van der Waals surface area (Å²) in [5, 5.41) is 7.31. The highest BCUT2D eigenvalue weighted by Gasteiger charge is 2.49. The second kappa shape index (κ2) is 35.8. The van der Waals surface area contributed by atoms with E-state index in [4.69, 9.17) is 4.18 Å². The van der Waals surface area contributed by atoms with Gasteiger partial charge in [0, 0.05) is 127 Å². The number of rotatable bonds is 19. The predicted octanol–water partition coefficient (Wildman–Crippen LogP) is 34.4. The minimum atomic E-state index is -5.94. The van der Waals surface area contributed by atoms with Crippen LogP contribution in [0, 0.1) is 0 Å². The molecule has 2 aromatic heterocycles. The van der Waals surface area contributed by atoms with Crippen molar-refractivity contribution in [2.24, 2.45) is 0 Å². The molecule has 0 atom stereocenters. The van der Waals surface area contributed by atoms with E-state index in [9.17, 15) is 21.6 Å². The van der Waals surface area contributed by atoms with E-state index in [1.165, 1.54) is 99.5 Å². The third-order valence-corrected chi connectivity index (χ3v) is 27.7. The van der Waals surface area contributed by atoms with Gasteiger partial charge in [-0.1, -0.05) is 290 Å². The van der Waals surface area contributed by atoms with E-state index in [0.29, 0.717) is 11.1 Å². The van der Waals surface area contributed by atoms with Gasteiger partial charge in [-0.2, -0.15) is 21.6 Å². The molecule has 0 spiro atoms. The van der Waals surface area contributed by atoms with Crippen molar-refractivity contribution in [3.8, 4) is 28.0 Å². The lowest BCUT2D eigenvalue weighted by molar-refractivity contribution is -0.0500. The maximum atomic E-state index is 13.6. The molecule has 1 N–H and O–H groups in total. The Morgan fingerprint density at radius 2 is 0.588 bits per heavy atom. The van der Waals surface area contributed by atoms with Crippen molar-refractivity contribution in [3.05, 3.63) is 471 Å². The SMILES string of the molecule is C.CC1(C)c2ccccc2-c2cccc(N(c3ccccc3)c3cc(N(c4ccccc4)c4ccccc4)c4sc5ccc(N(c6ccccc6)c6ccccc6)cc5c4c3)c21.CC1(C)c2ccccc2-c2cccc(Nc3ccccc3)c21.O=S(=O)(Oc1cc(N(c2ccccc2)c2ccccc2)c2sc3ccc(N(c4ccccc4)c4ccccc4)cc3c2c1)C(F)(F)F. The zero-order valence-corrected chi connectivity index (χ0v) is 74.0. The summed E-state index contributed by atoms with van der Waals surface area (Å²) < 4.78 is 74.1.